The van der Waals surface area contributed by atoms with Gasteiger partial charge >= 0.3 is 0 Å². The van der Waals surface area contributed by atoms with Gasteiger partial charge in [0.05, 0.1) is 12.1 Å². The minimum absolute atomic E-state index is 0.0952. The van der Waals surface area contributed by atoms with E-state index < -0.39 is 0 Å². The third-order valence-corrected chi connectivity index (χ3v) is 5.39. The molecule has 0 aliphatic heterocycles. The van der Waals surface area contributed by atoms with Crippen molar-refractivity contribution in [3.05, 3.63) is 89.2 Å². The molecule has 0 bridgehead atoms. The lowest BCUT2D eigenvalue weighted by Crippen LogP contribution is -2.05. The van der Waals surface area contributed by atoms with E-state index in [2.05, 4.69) is 15.5 Å². The predicted octanol–water partition coefficient (Wildman–Crippen LogP) is 6.63. The third kappa shape index (κ3) is 4.32. The van der Waals surface area contributed by atoms with Crippen LogP contribution in [0, 0.1) is 19.7 Å². The second kappa shape index (κ2) is 8.65. The van der Waals surface area contributed by atoms with Crippen LogP contribution in [0.4, 0.5) is 15.8 Å². The zero-order valence-corrected chi connectivity index (χ0v) is 17.9. The van der Waals surface area contributed by atoms with E-state index >= 15 is 0 Å². The molecule has 1 heterocycles. The highest BCUT2D eigenvalue weighted by atomic mass is 32.1. The van der Waals surface area contributed by atoms with Crippen LogP contribution in [0.1, 0.15) is 16.7 Å². The van der Waals surface area contributed by atoms with Crippen molar-refractivity contribution in [1.82, 2.24) is 4.57 Å². The Labute approximate surface area is 184 Å². The average molecular weight is 433 g/mol. The van der Waals surface area contributed by atoms with Crippen molar-refractivity contribution in [2.24, 2.45) is 10.2 Å². The molecular formula is C24H21FN4OS. The molecule has 5 nitrogen and oxygen atoms in total. The first-order valence-corrected chi connectivity index (χ1v) is 10.2. The number of aryl methyl sites for hydroxylation is 2. The van der Waals surface area contributed by atoms with E-state index in [1.54, 1.807) is 22.8 Å². The molecule has 31 heavy (non-hydrogen) atoms. The Morgan fingerprint density at radius 2 is 1.77 bits per heavy atom. The average Bonchev–Trinajstić information content (AvgIpc) is 3.02. The van der Waals surface area contributed by atoms with Crippen molar-refractivity contribution in [3.8, 4) is 5.88 Å². The van der Waals surface area contributed by atoms with Crippen LogP contribution in [0.15, 0.2) is 77.0 Å². The fraction of sp³-hybridized carbons (Fsp3) is 0.125. The number of aromatic hydroxyl groups is 1. The summed E-state index contributed by atoms with van der Waals surface area (Å²) >= 11 is 5.30. The molecule has 2 N–H and O–H groups in total. The van der Waals surface area contributed by atoms with Crippen molar-refractivity contribution in [1.29, 1.82) is 0 Å². The number of thiocarbonyl (C=S) groups is 1. The van der Waals surface area contributed by atoms with E-state index in [9.17, 15) is 9.50 Å². The summed E-state index contributed by atoms with van der Waals surface area (Å²) in [6, 6.07) is 19.8. The molecule has 0 amide bonds. The normalized spacial score (nSPS) is 11.3. The van der Waals surface area contributed by atoms with Crippen molar-refractivity contribution in [3.63, 3.8) is 0 Å². The molecule has 0 atom stereocenters. The van der Waals surface area contributed by atoms with Crippen LogP contribution < -0.4 is 5.32 Å². The SMILES string of the molecule is Cc1ccc(NC(=S)N=Nc2c(O)n(Cc3ccccc3F)c3ccccc23)cc1C. The largest absolute Gasteiger partial charge is 0.493 e. The van der Waals surface area contributed by atoms with E-state index in [1.807, 2.05) is 56.3 Å². The molecule has 4 rings (SSSR count). The summed E-state index contributed by atoms with van der Waals surface area (Å²) < 4.78 is 15.8. The van der Waals surface area contributed by atoms with Crippen LogP contribution in [-0.4, -0.2) is 14.8 Å². The zero-order valence-electron chi connectivity index (χ0n) is 17.1. The number of fused-ring (bicyclic) bond motifs is 1. The fourth-order valence-corrected chi connectivity index (χ4v) is 3.55. The first-order valence-electron chi connectivity index (χ1n) is 9.77. The number of rotatable bonds is 4. The molecule has 0 spiro atoms. The van der Waals surface area contributed by atoms with Crippen LogP contribution in [0.5, 0.6) is 5.88 Å². The Kier molecular flexibility index (Phi) is 5.77. The maximum Gasteiger partial charge on any atom is 0.221 e. The molecule has 0 aliphatic carbocycles. The number of hydrogen-bond donors (Lipinski definition) is 2. The van der Waals surface area contributed by atoms with Gasteiger partial charge in [0.15, 0.2) is 5.69 Å². The summed E-state index contributed by atoms with van der Waals surface area (Å²) in [7, 11) is 0. The van der Waals surface area contributed by atoms with Gasteiger partial charge in [-0.05, 0) is 61.5 Å². The van der Waals surface area contributed by atoms with Gasteiger partial charge in [0, 0.05) is 16.6 Å². The lowest BCUT2D eigenvalue weighted by atomic mass is 10.1. The zero-order chi connectivity index (χ0) is 22.0. The van der Waals surface area contributed by atoms with Crippen LogP contribution in [0.3, 0.4) is 0 Å². The third-order valence-electron chi connectivity index (χ3n) is 5.20. The quantitative estimate of drug-likeness (QED) is 0.281. The monoisotopic (exact) mass is 432 g/mol. The van der Waals surface area contributed by atoms with Gasteiger partial charge in [-0.2, -0.15) is 0 Å². The number of anilines is 1. The van der Waals surface area contributed by atoms with Gasteiger partial charge in [-0.3, -0.25) is 0 Å². The standard InChI is InChI=1S/C24H21FN4OS/c1-15-11-12-18(13-16(15)2)26-24(31)28-27-22-19-8-4-6-10-21(19)29(23(22)30)14-17-7-3-5-9-20(17)25/h3-13,30H,14H2,1-2H3,(H,26,31). The molecule has 0 unspecified atom stereocenters. The van der Waals surface area contributed by atoms with Crippen molar-refractivity contribution < 1.29 is 9.50 Å². The maximum atomic E-state index is 14.2. The topological polar surface area (TPSA) is 61.9 Å². The number of aromatic nitrogens is 1. The molecule has 4 aromatic rings. The van der Waals surface area contributed by atoms with Crippen molar-refractivity contribution >= 4 is 39.6 Å². The lowest BCUT2D eigenvalue weighted by Gasteiger charge is -2.08. The van der Waals surface area contributed by atoms with E-state index in [4.69, 9.17) is 12.2 Å². The summed E-state index contributed by atoms with van der Waals surface area (Å²) in [5.41, 5.74) is 4.62. The number of nitrogens with zero attached hydrogens (tertiary/aromatic N) is 3. The molecular weight excluding hydrogens is 411 g/mol. The van der Waals surface area contributed by atoms with E-state index in [0.717, 1.165) is 16.8 Å². The highest BCUT2D eigenvalue weighted by Crippen LogP contribution is 2.39. The Morgan fingerprint density at radius 3 is 2.55 bits per heavy atom. The maximum absolute atomic E-state index is 14.2. The van der Waals surface area contributed by atoms with Gasteiger partial charge < -0.3 is 15.0 Å². The first kappa shape index (κ1) is 20.7. The highest BCUT2D eigenvalue weighted by Gasteiger charge is 2.17. The summed E-state index contributed by atoms with van der Waals surface area (Å²) in [6.07, 6.45) is 0. The molecule has 0 saturated heterocycles. The minimum Gasteiger partial charge on any atom is -0.493 e. The molecule has 156 valence electrons. The van der Waals surface area contributed by atoms with Crippen LogP contribution in [0.2, 0.25) is 0 Å². The predicted molar refractivity (Wildman–Crippen MR) is 126 cm³/mol. The minimum atomic E-state index is -0.332. The van der Waals surface area contributed by atoms with Gasteiger partial charge in [-0.1, -0.05) is 42.5 Å². The van der Waals surface area contributed by atoms with Crippen LogP contribution >= 0.6 is 12.2 Å². The van der Waals surface area contributed by atoms with Gasteiger partial charge in [0.1, 0.15) is 5.82 Å². The number of halogens is 1. The van der Waals surface area contributed by atoms with Gasteiger partial charge in [-0.25, -0.2) is 4.39 Å². The second-order valence-corrected chi connectivity index (χ2v) is 7.68. The molecule has 0 saturated carbocycles. The highest BCUT2D eigenvalue weighted by molar-refractivity contribution is 7.80. The Bertz CT molecular complexity index is 1310. The summed E-state index contributed by atoms with van der Waals surface area (Å²) in [6.45, 7) is 4.23. The molecule has 3 aromatic carbocycles. The fourth-order valence-electron chi connectivity index (χ4n) is 3.39. The number of benzene rings is 3. The van der Waals surface area contributed by atoms with Crippen LogP contribution in [-0.2, 0) is 6.54 Å². The summed E-state index contributed by atoms with van der Waals surface area (Å²) in [4.78, 5) is 0. The summed E-state index contributed by atoms with van der Waals surface area (Å²) in [5, 5.41) is 23.1. The number of nitrogens with one attached hydrogen (secondary N) is 1. The van der Waals surface area contributed by atoms with Crippen molar-refractivity contribution in [2.75, 3.05) is 5.32 Å². The first-order chi connectivity index (χ1) is 14.9. The summed E-state index contributed by atoms with van der Waals surface area (Å²) in [5.74, 6) is -0.427. The Hall–Kier alpha value is -3.58. The van der Waals surface area contributed by atoms with E-state index in [1.165, 1.54) is 11.6 Å². The second-order valence-electron chi connectivity index (χ2n) is 7.30. The van der Waals surface area contributed by atoms with E-state index in [0.29, 0.717) is 10.9 Å². The smallest absolute Gasteiger partial charge is 0.221 e. The molecule has 0 radical (unpaired) electrons. The number of para-hydroxylation sites is 1. The van der Waals surface area contributed by atoms with Gasteiger partial charge in [0.2, 0.25) is 11.0 Å². The molecule has 7 heteroatoms. The molecule has 0 aliphatic rings. The molecule has 1 aromatic heterocycles. The van der Waals surface area contributed by atoms with Gasteiger partial charge in [0.25, 0.3) is 0 Å². The Balaban J connectivity index is 1.64. The lowest BCUT2D eigenvalue weighted by molar-refractivity contribution is 0.428. The van der Waals surface area contributed by atoms with E-state index in [-0.39, 0.29) is 29.0 Å². The number of hydrogen-bond acceptors (Lipinski definition) is 3. The van der Waals surface area contributed by atoms with Crippen LogP contribution in [0.25, 0.3) is 10.9 Å². The number of azo groups is 1. The molecule has 0 fully saturated rings. The Morgan fingerprint density at radius 1 is 1.03 bits per heavy atom. The van der Waals surface area contributed by atoms with Gasteiger partial charge in [-0.15, -0.1) is 10.2 Å². The van der Waals surface area contributed by atoms with Crippen molar-refractivity contribution in [2.45, 2.75) is 20.4 Å².